The summed E-state index contributed by atoms with van der Waals surface area (Å²) in [6, 6.07) is 10.6. The monoisotopic (exact) mass is 395 g/mol. The van der Waals surface area contributed by atoms with Gasteiger partial charge >= 0.3 is 0 Å². The molecule has 2 heterocycles. The first-order chi connectivity index (χ1) is 14.0. The average molecular weight is 395 g/mol. The number of aliphatic hydroxyl groups excluding tert-OH is 2. The van der Waals surface area contributed by atoms with Crippen molar-refractivity contribution in [3.05, 3.63) is 65.6 Å². The van der Waals surface area contributed by atoms with Gasteiger partial charge in [-0.05, 0) is 24.1 Å². The average Bonchev–Trinajstić information content (AvgIpc) is 3.23. The maximum atomic E-state index is 12.7. The summed E-state index contributed by atoms with van der Waals surface area (Å²) in [6.45, 7) is 2.13. The van der Waals surface area contributed by atoms with Crippen LogP contribution in [0.1, 0.15) is 27.7 Å². The van der Waals surface area contributed by atoms with Crippen LogP contribution in [0, 0.1) is 6.92 Å². The first kappa shape index (κ1) is 20.5. The van der Waals surface area contributed by atoms with Crippen LogP contribution in [-0.4, -0.2) is 57.9 Å². The number of nitrogens with one attached hydrogen (secondary N) is 2. The molecule has 0 saturated heterocycles. The molecule has 0 aliphatic carbocycles. The van der Waals surface area contributed by atoms with Gasteiger partial charge < -0.3 is 25.4 Å². The number of hydrogen-bond donors (Lipinski definition) is 4. The van der Waals surface area contributed by atoms with E-state index in [1.165, 1.54) is 0 Å². The molecule has 0 bridgehead atoms. The van der Waals surface area contributed by atoms with E-state index >= 15 is 0 Å². The van der Waals surface area contributed by atoms with Crippen molar-refractivity contribution < 1.29 is 15.0 Å². The lowest BCUT2D eigenvalue weighted by molar-refractivity contribution is 0.0911. The minimum absolute atomic E-state index is 0.00494. The summed E-state index contributed by atoms with van der Waals surface area (Å²) in [7, 11) is 1.80. The Labute approximate surface area is 169 Å². The summed E-state index contributed by atoms with van der Waals surface area (Å²) in [5.74, 6) is 0.180. The summed E-state index contributed by atoms with van der Waals surface area (Å²) in [4.78, 5) is 26.3. The van der Waals surface area contributed by atoms with E-state index in [4.69, 9.17) is 5.11 Å². The van der Waals surface area contributed by atoms with Crippen LogP contribution in [0.4, 0.5) is 5.95 Å². The maximum Gasteiger partial charge on any atom is 0.268 e. The summed E-state index contributed by atoms with van der Waals surface area (Å²) in [5, 5.41) is 21.6. The molecular formula is C21H25N5O3. The number of aromatic amines is 1. The lowest BCUT2D eigenvalue weighted by Crippen LogP contribution is -2.30. The Morgan fingerprint density at radius 3 is 2.72 bits per heavy atom. The number of H-pyrrole nitrogens is 1. The number of likely N-dealkylation sites (N-methyl/N-ethyl adjacent to an activating group) is 1. The SMILES string of the molecule is Cc1cnc(N(C)CCO)nc1-c1c[nH]c(C(=O)NC(CO)c2ccccc2)c1. The number of benzene rings is 1. The van der Waals surface area contributed by atoms with Crippen molar-refractivity contribution in [1.82, 2.24) is 20.3 Å². The van der Waals surface area contributed by atoms with Crippen molar-refractivity contribution in [2.45, 2.75) is 13.0 Å². The minimum Gasteiger partial charge on any atom is -0.395 e. The topological polar surface area (TPSA) is 114 Å². The number of rotatable bonds is 8. The van der Waals surface area contributed by atoms with Gasteiger partial charge in [0.25, 0.3) is 5.91 Å². The van der Waals surface area contributed by atoms with Crippen LogP contribution in [0.5, 0.6) is 0 Å². The lowest BCUT2D eigenvalue weighted by atomic mass is 10.1. The molecule has 1 amide bonds. The van der Waals surface area contributed by atoms with Crippen molar-refractivity contribution in [3.63, 3.8) is 0 Å². The fraction of sp³-hybridized carbons (Fsp3) is 0.286. The van der Waals surface area contributed by atoms with Crippen LogP contribution in [0.25, 0.3) is 11.3 Å². The second-order valence-electron chi connectivity index (χ2n) is 6.77. The van der Waals surface area contributed by atoms with Gasteiger partial charge in [-0.25, -0.2) is 9.97 Å². The third-order valence-corrected chi connectivity index (χ3v) is 4.63. The molecule has 2 aromatic heterocycles. The standard InChI is InChI=1S/C21H25N5O3/c1-14-11-23-21(26(2)8-9-27)25-19(14)16-10-17(22-12-16)20(29)24-18(13-28)15-6-4-3-5-7-15/h3-7,10-12,18,22,27-28H,8-9,13H2,1-2H3,(H,24,29). The van der Waals surface area contributed by atoms with Gasteiger partial charge in [0.05, 0.1) is 24.9 Å². The molecular weight excluding hydrogens is 370 g/mol. The number of nitrogens with zero attached hydrogens (tertiary/aromatic N) is 3. The summed E-state index contributed by atoms with van der Waals surface area (Å²) >= 11 is 0. The van der Waals surface area contributed by atoms with Crippen molar-refractivity contribution in [2.75, 3.05) is 31.7 Å². The second-order valence-corrected chi connectivity index (χ2v) is 6.77. The Balaban J connectivity index is 1.80. The molecule has 3 rings (SSSR count). The minimum atomic E-state index is -0.491. The molecule has 3 aromatic rings. The van der Waals surface area contributed by atoms with Crippen LogP contribution in [-0.2, 0) is 0 Å². The number of amides is 1. The molecule has 0 fully saturated rings. The van der Waals surface area contributed by atoms with Crippen molar-refractivity contribution in [1.29, 1.82) is 0 Å². The van der Waals surface area contributed by atoms with Gasteiger partial charge in [-0.15, -0.1) is 0 Å². The Morgan fingerprint density at radius 2 is 2.03 bits per heavy atom. The van der Waals surface area contributed by atoms with Gasteiger partial charge in [0.1, 0.15) is 5.69 Å². The highest BCUT2D eigenvalue weighted by Crippen LogP contribution is 2.24. The molecule has 1 atom stereocenters. The Bertz CT molecular complexity index is 958. The first-order valence-electron chi connectivity index (χ1n) is 9.34. The quantitative estimate of drug-likeness (QED) is 0.461. The molecule has 0 aliphatic heterocycles. The third kappa shape index (κ3) is 4.79. The molecule has 152 valence electrons. The van der Waals surface area contributed by atoms with Gasteiger partial charge in [0.15, 0.2) is 0 Å². The van der Waals surface area contributed by atoms with Crippen LogP contribution in [0.15, 0.2) is 48.8 Å². The number of aliphatic hydroxyl groups is 2. The Morgan fingerprint density at radius 1 is 1.28 bits per heavy atom. The molecule has 1 aromatic carbocycles. The van der Waals surface area contributed by atoms with Gasteiger partial charge in [0.2, 0.25) is 5.95 Å². The second kappa shape index (κ2) is 9.31. The predicted octanol–water partition coefficient (Wildman–Crippen LogP) is 1.67. The number of carbonyl (C=O) groups is 1. The highest BCUT2D eigenvalue weighted by Gasteiger charge is 2.18. The molecule has 8 heteroatoms. The summed E-state index contributed by atoms with van der Waals surface area (Å²) < 4.78 is 0. The molecule has 1 unspecified atom stereocenters. The van der Waals surface area contributed by atoms with E-state index in [1.807, 2.05) is 37.3 Å². The van der Waals surface area contributed by atoms with E-state index in [1.54, 1.807) is 30.4 Å². The number of hydrogen-bond acceptors (Lipinski definition) is 6. The molecule has 0 radical (unpaired) electrons. The number of aromatic nitrogens is 3. The molecule has 0 spiro atoms. The molecule has 0 aliphatic rings. The van der Waals surface area contributed by atoms with Crippen LogP contribution in [0.2, 0.25) is 0 Å². The fourth-order valence-corrected chi connectivity index (χ4v) is 2.98. The molecule has 4 N–H and O–H groups in total. The smallest absolute Gasteiger partial charge is 0.268 e. The zero-order valence-electron chi connectivity index (χ0n) is 16.5. The van der Waals surface area contributed by atoms with E-state index in [2.05, 4.69) is 20.3 Å². The fourth-order valence-electron chi connectivity index (χ4n) is 2.98. The molecule has 29 heavy (non-hydrogen) atoms. The number of carbonyl (C=O) groups excluding carboxylic acids is 1. The predicted molar refractivity (Wildman–Crippen MR) is 111 cm³/mol. The highest BCUT2D eigenvalue weighted by atomic mass is 16.3. The zero-order chi connectivity index (χ0) is 20.8. The van der Waals surface area contributed by atoms with E-state index in [0.29, 0.717) is 23.9 Å². The summed E-state index contributed by atoms with van der Waals surface area (Å²) in [6.07, 6.45) is 3.44. The van der Waals surface area contributed by atoms with Crippen LogP contribution in [0.3, 0.4) is 0 Å². The van der Waals surface area contributed by atoms with Gasteiger partial charge in [0, 0.05) is 31.5 Å². The van der Waals surface area contributed by atoms with Crippen molar-refractivity contribution in [3.8, 4) is 11.3 Å². The summed E-state index contributed by atoms with van der Waals surface area (Å²) in [5.41, 5.74) is 3.54. The zero-order valence-corrected chi connectivity index (χ0v) is 16.5. The van der Waals surface area contributed by atoms with E-state index in [9.17, 15) is 9.90 Å². The third-order valence-electron chi connectivity index (χ3n) is 4.63. The van der Waals surface area contributed by atoms with Crippen LogP contribution >= 0.6 is 0 Å². The normalized spacial score (nSPS) is 11.9. The van der Waals surface area contributed by atoms with Crippen molar-refractivity contribution >= 4 is 11.9 Å². The van der Waals surface area contributed by atoms with Crippen LogP contribution < -0.4 is 10.2 Å². The van der Waals surface area contributed by atoms with Gasteiger partial charge in [-0.1, -0.05) is 30.3 Å². The Kier molecular flexibility index (Phi) is 6.58. The molecule has 0 saturated carbocycles. The number of anilines is 1. The largest absolute Gasteiger partial charge is 0.395 e. The van der Waals surface area contributed by atoms with E-state index in [-0.39, 0.29) is 19.1 Å². The highest BCUT2D eigenvalue weighted by molar-refractivity contribution is 5.94. The van der Waals surface area contributed by atoms with Gasteiger partial charge in [-0.3, -0.25) is 4.79 Å². The first-order valence-corrected chi connectivity index (χ1v) is 9.34. The lowest BCUT2D eigenvalue weighted by Gasteiger charge is -2.16. The number of aryl methyl sites for hydroxylation is 1. The van der Waals surface area contributed by atoms with E-state index < -0.39 is 6.04 Å². The van der Waals surface area contributed by atoms with Crippen molar-refractivity contribution in [2.24, 2.45) is 0 Å². The molecule has 8 nitrogen and oxygen atoms in total. The van der Waals surface area contributed by atoms with Gasteiger partial charge in [-0.2, -0.15) is 0 Å². The Hall–Kier alpha value is -3.23. The maximum absolute atomic E-state index is 12.7. The van der Waals surface area contributed by atoms with E-state index in [0.717, 1.165) is 16.7 Å².